The highest BCUT2D eigenvalue weighted by Crippen LogP contribution is 2.31. The largest absolute Gasteiger partial charge is 0.372 e. The topological polar surface area (TPSA) is 35.2 Å². The van der Waals surface area contributed by atoms with Crippen LogP contribution in [-0.2, 0) is 11.2 Å². The Morgan fingerprint density at radius 2 is 2.17 bits per heavy atom. The van der Waals surface area contributed by atoms with Crippen LogP contribution in [0.2, 0.25) is 0 Å². The summed E-state index contributed by atoms with van der Waals surface area (Å²) in [4.78, 5) is 0. The van der Waals surface area contributed by atoms with E-state index >= 15 is 0 Å². The van der Waals surface area contributed by atoms with E-state index in [0.29, 0.717) is 5.92 Å². The van der Waals surface area contributed by atoms with E-state index in [2.05, 4.69) is 38.1 Å². The number of rotatable bonds is 5. The van der Waals surface area contributed by atoms with Crippen LogP contribution in [0.4, 0.5) is 0 Å². The van der Waals surface area contributed by atoms with Crippen molar-refractivity contribution in [3.8, 4) is 0 Å². The van der Waals surface area contributed by atoms with Crippen molar-refractivity contribution in [2.24, 2.45) is 11.7 Å². The fourth-order valence-corrected chi connectivity index (χ4v) is 2.98. The van der Waals surface area contributed by atoms with Crippen LogP contribution < -0.4 is 5.73 Å². The van der Waals surface area contributed by atoms with Gasteiger partial charge in [-0.2, -0.15) is 0 Å². The Hall–Kier alpha value is -0.860. The van der Waals surface area contributed by atoms with E-state index in [1.807, 2.05) is 0 Å². The SMILES string of the molecule is CCCC(C)CC(N)C1OCCc2ccccc21. The summed E-state index contributed by atoms with van der Waals surface area (Å²) in [5.74, 6) is 0.683. The predicted molar refractivity (Wildman–Crippen MR) is 75.5 cm³/mol. The van der Waals surface area contributed by atoms with Crippen molar-refractivity contribution >= 4 is 0 Å². The fraction of sp³-hybridized carbons (Fsp3) is 0.625. The number of hydrogen-bond donors (Lipinski definition) is 1. The maximum atomic E-state index is 6.37. The molecule has 0 bridgehead atoms. The third-order valence-electron chi connectivity index (χ3n) is 3.88. The van der Waals surface area contributed by atoms with Crippen LogP contribution in [0.5, 0.6) is 0 Å². The predicted octanol–water partition coefficient (Wildman–Crippen LogP) is 3.45. The van der Waals surface area contributed by atoms with Crippen molar-refractivity contribution < 1.29 is 4.74 Å². The molecule has 3 unspecified atom stereocenters. The minimum absolute atomic E-state index is 0.0919. The van der Waals surface area contributed by atoms with E-state index in [1.54, 1.807) is 0 Å². The lowest BCUT2D eigenvalue weighted by atomic mass is 9.88. The summed E-state index contributed by atoms with van der Waals surface area (Å²) in [6.45, 7) is 5.32. The lowest BCUT2D eigenvalue weighted by Gasteiger charge is -2.31. The molecule has 3 atom stereocenters. The van der Waals surface area contributed by atoms with Crippen molar-refractivity contribution in [3.05, 3.63) is 35.4 Å². The molecular formula is C16H25NO. The highest BCUT2D eigenvalue weighted by molar-refractivity contribution is 5.31. The third kappa shape index (κ3) is 3.12. The zero-order valence-corrected chi connectivity index (χ0v) is 11.6. The minimum atomic E-state index is 0.0919. The highest BCUT2D eigenvalue weighted by atomic mass is 16.5. The van der Waals surface area contributed by atoms with Gasteiger partial charge < -0.3 is 10.5 Å². The molecule has 1 heterocycles. The van der Waals surface area contributed by atoms with Crippen molar-refractivity contribution in [3.63, 3.8) is 0 Å². The summed E-state index contributed by atoms with van der Waals surface area (Å²) >= 11 is 0. The Kier molecular flexibility index (Phi) is 4.79. The molecule has 1 aliphatic rings. The summed E-state index contributed by atoms with van der Waals surface area (Å²) in [6, 6.07) is 8.68. The Morgan fingerprint density at radius 3 is 2.94 bits per heavy atom. The molecule has 0 amide bonds. The van der Waals surface area contributed by atoms with Gasteiger partial charge in [0.25, 0.3) is 0 Å². The summed E-state index contributed by atoms with van der Waals surface area (Å²) in [5, 5.41) is 0. The lowest BCUT2D eigenvalue weighted by molar-refractivity contribution is 0.0193. The maximum absolute atomic E-state index is 6.37. The Labute approximate surface area is 111 Å². The second-order valence-electron chi connectivity index (χ2n) is 5.53. The minimum Gasteiger partial charge on any atom is -0.372 e. The van der Waals surface area contributed by atoms with Gasteiger partial charge in [-0.15, -0.1) is 0 Å². The van der Waals surface area contributed by atoms with Crippen LogP contribution in [0.25, 0.3) is 0 Å². The molecular weight excluding hydrogens is 222 g/mol. The summed E-state index contributed by atoms with van der Waals surface area (Å²) in [6.07, 6.45) is 4.64. The van der Waals surface area contributed by atoms with Gasteiger partial charge in [0.05, 0.1) is 12.7 Å². The van der Waals surface area contributed by atoms with E-state index < -0.39 is 0 Å². The van der Waals surface area contributed by atoms with Crippen molar-refractivity contribution in [2.75, 3.05) is 6.61 Å². The van der Waals surface area contributed by atoms with Crippen LogP contribution in [0.15, 0.2) is 24.3 Å². The smallest absolute Gasteiger partial charge is 0.0978 e. The average Bonchev–Trinajstić information content (AvgIpc) is 2.38. The van der Waals surface area contributed by atoms with Gasteiger partial charge in [-0.3, -0.25) is 0 Å². The second kappa shape index (κ2) is 6.35. The van der Waals surface area contributed by atoms with Gasteiger partial charge in [0.1, 0.15) is 0 Å². The quantitative estimate of drug-likeness (QED) is 0.865. The van der Waals surface area contributed by atoms with E-state index in [4.69, 9.17) is 10.5 Å². The monoisotopic (exact) mass is 247 g/mol. The van der Waals surface area contributed by atoms with Gasteiger partial charge in [-0.05, 0) is 29.9 Å². The standard InChI is InChI=1S/C16H25NO/c1-3-6-12(2)11-15(17)16-14-8-5-4-7-13(14)9-10-18-16/h4-5,7-8,12,15-16H,3,6,9-11,17H2,1-2H3. The van der Waals surface area contributed by atoms with Gasteiger partial charge >= 0.3 is 0 Å². The highest BCUT2D eigenvalue weighted by Gasteiger charge is 2.27. The van der Waals surface area contributed by atoms with E-state index in [9.17, 15) is 0 Å². The summed E-state index contributed by atoms with van der Waals surface area (Å²) < 4.78 is 5.92. The van der Waals surface area contributed by atoms with Crippen LogP contribution in [0.3, 0.4) is 0 Å². The number of ether oxygens (including phenoxy) is 1. The molecule has 2 N–H and O–H groups in total. The number of benzene rings is 1. The maximum Gasteiger partial charge on any atom is 0.0978 e. The second-order valence-corrected chi connectivity index (χ2v) is 5.53. The molecule has 100 valence electrons. The normalized spacial score (nSPS) is 22.3. The van der Waals surface area contributed by atoms with E-state index in [0.717, 1.165) is 19.4 Å². The first-order chi connectivity index (χ1) is 8.72. The van der Waals surface area contributed by atoms with Crippen LogP contribution in [0.1, 0.15) is 50.3 Å². The Morgan fingerprint density at radius 1 is 1.39 bits per heavy atom. The van der Waals surface area contributed by atoms with Crippen LogP contribution in [-0.4, -0.2) is 12.6 Å². The molecule has 18 heavy (non-hydrogen) atoms. The molecule has 0 aromatic heterocycles. The zero-order valence-electron chi connectivity index (χ0n) is 11.6. The average molecular weight is 247 g/mol. The Bertz CT molecular complexity index is 377. The first-order valence-electron chi connectivity index (χ1n) is 7.17. The molecule has 0 aliphatic carbocycles. The molecule has 2 rings (SSSR count). The molecule has 2 nitrogen and oxygen atoms in total. The molecule has 1 aliphatic heterocycles. The van der Waals surface area contributed by atoms with Crippen LogP contribution >= 0.6 is 0 Å². The number of nitrogens with two attached hydrogens (primary N) is 1. The molecule has 1 aromatic rings. The fourth-order valence-electron chi connectivity index (χ4n) is 2.98. The van der Waals surface area contributed by atoms with E-state index in [-0.39, 0.29) is 12.1 Å². The molecule has 0 saturated carbocycles. The van der Waals surface area contributed by atoms with Crippen molar-refractivity contribution in [1.29, 1.82) is 0 Å². The molecule has 0 radical (unpaired) electrons. The van der Waals surface area contributed by atoms with Gasteiger partial charge in [-0.25, -0.2) is 0 Å². The van der Waals surface area contributed by atoms with Gasteiger partial charge in [0, 0.05) is 6.04 Å². The summed E-state index contributed by atoms with van der Waals surface area (Å²) in [7, 11) is 0. The number of hydrogen-bond acceptors (Lipinski definition) is 2. The molecule has 0 spiro atoms. The molecule has 2 heteroatoms. The van der Waals surface area contributed by atoms with Gasteiger partial charge in [-0.1, -0.05) is 51.0 Å². The summed E-state index contributed by atoms with van der Waals surface area (Å²) in [5.41, 5.74) is 9.08. The first kappa shape index (κ1) is 13.6. The van der Waals surface area contributed by atoms with Crippen molar-refractivity contribution in [2.45, 2.75) is 51.7 Å². The molecule has 1 aromatic carbocycles. The van der Waals surface area contributed by atoms with Gasteiger partial charge in [0.15, 0.2) is 0 Å². The zero-order chi connectivity index (χ0) is 13.0. The molecule has 0 fully saturated rings. The first-order valence-corrected chi connectivity index (χ1v) is 7.17. The number of fused-ring (bicyclic) bond motifs is 1. The third-order valence-corrected chi connectivity index (χ3v) is 3.88. The van der Waals surface area contributed by atoms with E-state index in [1.165, 1.54) is 24.0 Å². The lowest BCUT2D eigenvalue weighted by Crippen LogP contribution is -2.35. The van der Waals surface area contributed by atoms with Gasteiger partial charge in [0.2, 0.25) is 0 Å². The molecule has 0 saturated heterocycles. The van der Waals surface area contributed by atoms with Crippen LogP contribution in [0, 0.1) is 5.92 Å². The van der Waals surface area contributed by atoms with Crippen molar-refractivity contribution in [1.82, 2.24) is 0 Å². The Balaban J connectivity index is 2.05.